The Morgan fingerprint density at radius 2 is 1.78 bits per heavy atom. The summed E-state index contributed by atoms with van der Waals surface area (Å²) in [4.78, 5) is 27.1. The largest absolute Gasteiger partial charge is 0.497 e. The van der Waals surface area contributed by atoms with Gasteiger partial charge in [0.15, 0.2) is 0 Å². The fraction of sp³-hybridized carbons (Fsp3) is 0.259. The third kappa shape index (κ3) is 5.53. The van der Waals surface area contributed by atoms with E-state index in [-0.39, 0.29) is 6.54 Å². The van der Waals surface area contributed by atoms with Crippen molar-refractivity contribution in [2.24, 2.45) is 0 Å². The number of benzene rings is 3. The molecule has 0 fully saturated rings. The van der Waals surface area contributed by atoms with E-state index in [1.165, 1.54) is 19.1 Å². The number of aliphatic carboxylic acids is 1. The molecule has 1 amide bonds. The van der Waals surface area contributed by atoms with E-state index in [9.17, 15) is 14.7 Å². The molecular formula is C27H25BrClNO7. The van der Waals surface area contributed by atoms with Crippen LogP contribution in [0.25, 0.3) is 0 Å². The number of carbonyl (C=O) groups excluding carboxylic acids is 1. The number of halogens is 2. The number of anilines is 1. The van der Waals surface area contributed by atoms with Crippen molar-refractivity contribution in [3.8, 4) is 17.2 Å². The molecule has 2 atom stereocenters. The van der Waals surface area contributed by atoms with Crippen LogP contribution in [-0.4, -0.2) is 44.4 Å². The monoisotopic (exact) mass is 589 g/mol. The van der Waals surface area contributed by atoms with E-state index in [2.05, 4.69) is 15.9 Å². The molecule has 8 nitrogen and oxygen atoms in total. The summed E-state index contributed by atoms with van der Waals surface area (Å²) in [7, 11) is 4.59. The van der Waals surface area contributed by atoms with Crippen LogP contribution in [0.4, 0.5) is 5.69 Å². The lowest BCUT2D eigenvalue weighted by molar-refractivity contribution is -0.146. The molecule has 1 aliphatic heterocycles. The number of carboxylic acids is 1. The average Bonchev–Trinajstić information content (AvgIpc) is 2.99. The molecule has 0 aliphatic carbocycles. The van der Waals surface area contributed by atoms with Crippen LogP contribution < -0.4 is 19.1 Å². The van der Waals surface area contributed by atoms with Crippen LogP contribution in [0.3, 0.4) is 0 Å². The highest BCUT2D eigenvalue weighted by molar-refractivity contribution is 9.10. The second-order valence-electron chi connectivity index (χ2n) is 8.27. The molecule has 0 aromatic heterocycles. The van der Waals surface area contributed by atoms with Gasteiger partial charge in [-0.25, -0.2) is 0 Å². The van der Waals surface area contributed by atoms with Crippen LogP contribution in [0.5, 0.6) is 17.2 Å². The summed E-state index contributed by atoms with van der Waals surface area (Å²) < 4.78 is 23.2. The molecular weight excluding hydrogens is 566 g/mol. The first-order chi connectivity index (χ1) is 17.8. The summed E-state index contributed by atoms with van der Waals surface area (Å²) in [5, 5.41) is 9.92. The van der Waals surface area contributed by atoms with Crippen molar-refractivity contribution in [3.05, 3.63) is 80.8 Å². The van der Waals surface area contributed by atoms with Gasteiger partial charge in [0.05, 0.1) is 45.0 Å². The molecule has 0 radical (unpaired) electrons. The first-order valence-electron chi connectivity index (χ1n) is 11.3. The van der Waals surface area contributed by atoms with E-state index in [0.717, 1.165) is 4.47 Å². The van der Waals surface area contributed by atoms with E-state index in [1.807, 2.05) is 12.1 Å². The zero-order chi connectivity index (χ0) is 26.7. The van der Waals surface area contributed by atoms with Gasteiger partial charge in [0.25, 0.3) is 5.91 Å². The molecule has 3 aromatic rings. The lowest BCUT2D eigenvalue weighted by Crippen LogP contribution is -2.40. The highest BCUT2D eigenvalue weighted by Gasteiger charge is 2.39. The minimum absolute atomic E-state index is 0.110. The van der Waals surface area contributed by atoms with Crippen LogP contribution >= 0.6 is 27.5 Å². The highest BCUT2D eigenvalue weighted by Crippen LogP contribution is 2.44. The molecule has 4 rings (SSSR count). The van der Waals surface area contributed by atoms with Crippen molar-refractivity contribution in [1.29, 1.82) is 0 Å². The van der Waals surface area contributed by atoms with Crippen molar-refractivity contribution < 1.29 is 33.6 Å². The molecule has 0 spiro atoms. The molecule has 37 heavy (non-hydrogen) atoms. The zero-order valence-corrected chi connectivity index (χ0v) is 22.7. The number of methoxy groups -OCH3 is 3. The summed E-state index contributed by atoms with van der Waals surface area (Å²) in [6.45, 7) is 0.110. The number of hydrogen-bond donors (Lipinski definition) is 1. The Bertz CT molecular complexity index is 1330. The summed E-state index contributed by atoms with van der Waals surface area (Å²) >= 11 is 10.2. The van der Waals surface area contributed by atoms with Gasteiger partial charge in [0, 0.05) is 27.2 Å². The van der Waals surface area contributed by atoms with Crippen molar-refractivity contribution >= 4 is 45.1 Å². The first kappa shape index (κ1) is 26.8. The third-order valence-electron chi connectivity index (χ3n) is 6.08. The predicted octanol–water partition coefficient (Wildman–Crippen LogP) is 5.62. The molecule has 10 heteroatoms. The minimum atomic E-state index is -1.28. The molecule has 1 N–H and O–H groups in total. The van der Waals surface area contributed by atoms with Crippen LogP contribution in [-0.2, 0) is 20.9 Å². The van der Waals surface area contributed by atoms with E-state index >= 15 is 0 Å². The highest BCUT2D eigenvalue weighted by atomic mass is 79.9. The van der Waals surface area contributed by atoms with Crippen molar-refractivity contribution in [2.75, 3.05) is 26.2 Å². The maximum atomic E-state index is 13.8. The summed E-state index contributed by atoms with van der Waals surface area (Å²) in [6.07, 6.45) is -2.64. The third-order valence-corrected chi connectivity index (χ3v) is 6.98. The van der Waals surface area contributed by atoms with Gasteiger partial charge in [-0.3, -0.25) is 9.59 Å². The zero-order valence-electron chi connectivity index (χ0n) is 20.4. The Morgan fingerprint density at radius 1 is 1.03 bits per heavy atom. The van der Waals surface area contributed by atoms with E-state index in [1.54, 1.807) is 49.6 Å². The summed E-state index contributed by atoms with van der Waals surface area (Å²) in [6, 6.07) is 16.0. The maximum absolute atomic E-state index is 13.8. The Balaban J connectivity index is 1.90. The number of ether oxygens (including phenoxy) is 4. The molecule has 1 heterocycles. The Labute approximate surface area is 227 Å². The Morgan fingerprint density at radius 3 is 2.46 bits per heavy atom. The van der Waals surface area contributed by atoms with Crippen LogP contribution in [0.1, 0.15) is 29.2 Å². The number of fused-ring (bicyclic) bond motifs is 1. The van der Waals surface area contributed by atoms with Gasteiger partial charge in [-0.2, -0.15) is 0 Å². The maximum Gasteiger partial charge on any atom is 0.306 e. The van der Waals surface area contributed by atoms with Crippen LogP contribution in [0.15, 0.2) is 59.1 Å². The number of nitrogens with zero attached hydrogens (tertiary/aromatic N) is 1. The molecule has 194 valence electrons. The lowest BCUT2D eigenvalue weighted by atomic mass is 9.98. The fourth-order valence-corrected chi connectivity index (χ4v) is 4.99. The van der Waals surface area contributed by atoms with Crippen molar-refractivity contribution in [3.63, 3.8) is 0 Å². The van der Waals surface area contributed by atoms with Gasteiger partial charge in [0.2, 0.25) is 0 Å². The normalized spacial score (nSPS) is 17.1. The van der Waals surface area contributed by atoms with Gasteiger partial charge in [-0.15, -0.1) is 0 Å². The predicted molar refractivity (Wildman–Crippen MR) is 142 cm³/mol. The van der Waals surface area contributed by atoms with Gasteiger partial charge in [-0.05, 0) is 36.4 Å². The van der Waals surface area contributed by atoms with Crippen LogP contribution in [0, 0.1) is 0 Å². The summed E-state index contributed by atoms with van der Waals surface area (Å²) in [5.74, 6) is -0.0945. The van der Waals surface area contributed by atoms with Gasteiger partial charge < -0.3 is 29.0 Å². The number of amides is 1. The molecule has 2 unspecified atom stereocenters. The fourth-order valence-electron chi connectivity index (χ4n) is 4.31. The SMILES string of the molecule is COc1ccc(CN2C(=O)C(CC(=O)O)OC(c3cccc(OC)c3Cl)c3cc(Br)ccc32)c(OC)c1. The van der Waals surface area contributed by atoms with E-state index in [4.69, 9.17) is 30.5 Å². The van der Waals surface area contributed by atoms with Gasteiger partial charge >= 0.3 is 5.97 Å². The van der Waals surface area contributed by atoms with E-state index < -0.39 is 30.5 Å². The molecule has 1 aliphatic rings. The Kier molecular flexibility index (Phi) is 8.26. The van der Waals surface area contributed by atoms with Crippen molar-refractivity contribution in [1.82, 2.24) is 0 Å². The smallest absolute Gasteiger partial charge is 0.306 e. The lowest BCUT2D eigenvalue weighted by Gasteiger charge is -2.26. The number of carbonyl (C=O) groups is 2. The molecule has 3 aromatic carbocycles. The van der Waals surface area contributed by atoms with Crippen molar-refractivity contribution in [2.45, 2.75) is 25.2 Å². The topological polar surface area (TPSA) is 94.5 Å². The number of hydrogen-bond acceptors (Lipinski definition) is 6. The minimum Gasteiger partial charge on any atom is -0.497 e. The van der Waals surface area contributed by atoms with Gasteiger partial charge in [-0.1, -0.05) is 39.7 Å². The second kappa shape index (κ2) is 11.4. The quantitative estimate of drug-likeness (QED) is 0.364. The second-order valence-corrected chi connectivity index (χ2v) is 9.57. The number of carboxylic acid groups (broad SMARTS) is 1. The molecule has 0 saturated heterocycles. The average molecular weight is 591 g/mol. The van der Waals surface area contributed by atoms with Crippen LogP contribution in [0.2, 0.25) is 5.02 Å². The molecule has 0 saturated carbocycles. The first-order valence-corrected chi connectivity index (χ1v) is 12.5. The Hall–Kier alpha value is -3.27. The number of rotatable bonds is 8. The molecule has 0 bridgehead atoms. The van der Waals surface area contributed by atoms with Gasteiger partial charge in [0.1, 0.15) is 29.5 Å². The standard InChI is InChI=1S/C27H25BrClNO7/c1-34-17-9-7-15(22(12-17)36-3)14-30-20-10-8-16(28)11-19(20)26(37-23(27(30)33)13-24(31)32)18-5-4-6-21(35-2)25(18)29/h4-12,23,26H,13-14H2,1-3H3,(H,31,32). The van der Waals surface area contributed by atoms with E-state index in [0.29, 0.717) is 44.6 Å². The summed E-state index contributed by atoms with van der Waals surface area (Å²) in [5.41, 5.74) is 2.45.